The van der Waals surface area contributed by atoms with Gasteiger partial charge in [-0.2, -0.15) is 0 Å². The van der Waals surface area contributed by atoms with Gasteiger partial charge < -0.3 is 0 Å². The molecular weight excluding hydrogens is 432 g/mol. The van der Waals surface area contributed by atoms with E-state index in [9.17, 15) is 0 Å². The third kappa shape index (κ3) is 2.82. The summed E-state index contributed by atoms with van der Waals surface area (Å²) in [5.41, 5.74) is 11.0. The first-order chi connectivity index (χ1) is 17.8. The standard InChI is InChI=1S/C36H24/c1-2-8-27-22-28(13-12-23(27)6-1)30-18-14-25-17-21-34-32(19-15-26-16-20-33(30)35(25)36(26)34)31-11-5-9-24-7-3-4-10-29(24)31/h1-22,35-36H. The number of fused-ring (bicyclic) bond motifs is 2. The molecule has 2 atom stereocenters. The van der Waals surface area contributed by atoms with Crippen LogP contribution in [0.1, 0.15) is 11.1 Å². The van der Waals surface area contributed by atoms with Crippen molar-refractivity contribution in [3.05, 3.63) is 167 Å². The fourth-order valence-corrected chi connectivity index (χ4v) is 6.60. The van der Waals surface area contributed by atoms with E-state index in [0.29, 0.717) is 11.8 Å². The van der Waals surface area contributed by atoms with Crippen molar-refractivity contribution in [1.29, 1.82) is 0 Å². The fraction of sp³-hybridized carbons (Fsp3) is 0.0556. The first-order valence-electron chi connectivity index (χ1n) is 12.8. The van der Waals surface area contributed by atoms with Crippen molar-refractivity contribution in [1.82, 2.24) is 0 Å². The quantitative estimate of drug-likeness (QED) is 0.282. The predicted octanol–water partition coefficient (Wildman–Crippen LogP) is 9.01. The number of rotatable bonds is 2. The van der Waals surface area contributed by atoms with E-state index in [1.165, 1.54) is 66.1 Å². The van der Waals surface area contributed by atoms with Crippen molar-refractivity contribution in [3.8, 4) is 0 Å². The Morgan fingerprint density at radius 2 is 1.25 bits per heavy atom. The van der Waals surface area contributed by atoms with Gasteiger partial charge >= 0.3 is 0 Å². The van der Waals surface area contributed by atoms with E-state index < -0.39 is 0 Å². The van der Waals surface area contributed by atoms with Gasteiger partial charge in [0, 0.05) is 11.8 Å². The van der Waals surface area contributed by atoms with Crippen LogP contribution in [0.5, 0.6) is 0 Å². The lowest BCUT2D eigenvalue weighted by Gasteiger charge is -2.42. The second kappa shape index (κ2) is 7.54. The fourth-order valence-electron chi connectivity index (χ4n) is 6.60. The molecule has 0 heterocycles. The predicted molar refractivity (Wildman–Crippen MR) is 152 cm³/mol. The Kier molecular flexibility index (Phi) is 4.15. The van der Waals surface area contributed by atoms with Gasteiger partial charge in [0.2, 0.25) is 0 Å². The van der Waals surface area contributed by atoms with Gasteiger partial charge in [0.05, 0.1) is 0 Å². The highest BCUT2D eigenvalue weighted by Crippen LogP contribution is 2.54. The molecule has 0 aromatic heterocycles. The molecule has 0 nitrogen and oxygen atoms in total. The van der Waals surface area contributed by atoms with Crippen LogP contribution >= 0.6 is 0 Å². The highest BCUT2D eigenvalue weighted by atomic mass is 14.4. The van der Waals surface area contributed by atoms with Crippen LogP contribution in [0.25, 0.3) is 32.7 Å². The lowest BCUT2D eigenvalue weighted by molar-refractivity contribution is 0.569. The first kappa shape index (κ1) is 19.8. The summed E-state index contributed by atoms with van der Waals surface area (Å²) in [4.78, 5) is 0. The average Bonchev–Trinajstić information content (AvgIpc) is 2.95. The first-order valence-corrected chi connectivity index (χ1v) is 12.8. The summed E-state index contributed by atoms with van der Waals surface area (Å²) in [6.07, 6.45) is 18.8. The highest BCUT2D eigenvalue weighted by molar-refractivity contribution is 6.00. The van der Waals surface area contributed by atoms with E-state index in [-0.39, 0.29) is 0 Å². The van der Waals surface area contributed by atoms with Crippen molar-refractivity contribution in [3.63, 3.8) is 0 Å². The Labute approximate surface area is 211 Å². The molecular formula is C36H24. The minimum atomic E-state index is 0.351. The Balaban J connectivity index is 1.30. The monoisotopic (exact) mass is 456 g/mol. The van der Waals surface area contributed by atoms with E-state index >= 15 is 0 Å². The lowest BCUT2D eigenvalue weighted by atomic mass is 9.61. The van der Waals surface area contributed by atoms with Gasteiger partial charge in [-0.3, -0.25) is 0 Å². The molecule has 0 heteroatoms. The average molecular weight is 457 g/mol. The zero-order valence-electron chi connectivity index (χ0n) is 19.9. The van der Waals surface area contributed by atoms with Gasteiger partial charge in [-0.15, -0.1) is 0 Å². The van der Waals surface area contributed by atoms with Crippen LogP contribution in [0.2, 0.25) is 0 Å². The topological polar surface area (TPSA) is 0 Å². The zero-order valence-corrected chi connectivity index (χ0v) is 19.9. The van der Waals surface area contributed by atoms with Crippen LogP contribution < -0.4 is 0 Å². The summed E-state index contributed by atoms with van der Waals surface area (Å²) in [5, 5.41) is 5.20. The third-order valence-electron chi connectivity index (χ3n) is 8.28. The van der Waals surface area contributed by atoms with Gasteiger partial charge in [-0.25, -0.2) is 0 Å². The maximum Gasteiger partial charge on any atom is 0.0205 e. The summed E-state index contributed by atoms with van der Waals surface area (Å²) in [6.45, 7) is 0. The van der Waals surface area contributed by atoms with Crippen molar-refractivity contribution >= 4 is 32.7 Å². The van der Waals surface area contributed by atoms with E-state index in [1.54, 1.807) is 0 Å². The molecule has 4 aromatic rings. The van der Waals surface area contributed by atoms with Gasteiger partial charge in [-0.1, -0.05) is 127 Å². The molecule has 8 rings (SSSR count). The van der Waals surface area contributed by atoms with E-state index in [1.807, 2.05) is 0 Å². The van der Waals surface area contributed by atoms with Crippen molar-refractivity contribution in [2.75, 3.05) is 0 Å². The molecule has 4 aliphatic carbocycles. The molecule has 0 amide bonds. The second-order valence-corrected chi connectivity index (χ2v) is 10.1. The molecule has 168 valence electrons. The minimum Gasteiger partial charge on any atom is -0.0616 e. The Morgan fingerprint density at radius 3 is 2.19 bits per heavy atom. The maximum absolute atomic E-state index is 2.37. The molecule has 36 heavy (non-hydrogen) atoms. The Morgan fingerprint density at radius 1 is 0.500 bits per heavy atom. The van der Waals surface area contributed by atoms with E-state index in [0.717, 1.165) is 0 Å². The number of hydrogen-bond donors (Lipinski definition) is 0. The molecule has 0 spiro atoms. The van der Waals surface area contributed by atoms with Gasteiger partial charge in [0.25, 0.3) is 0 Å². The molecule has 0 bridgehead atoms. The smallest absolute Gasteiger partial charge is 0.0205 e. The third-order valence-corrected chi connectivity index (χ3v) is 8.28. The molecule has 0 aliphatic heterocycles. The Hall–Kier alpha value is -4.42. The minimum absolute atomic E-state index is 0.351. The summed E-state index contributed by atoms with van der Waals surface area (Å²) in [5.74, 6) is 0.704. The maximum atomic E-state index is 2.37. The molecule has 4 aromatic carbocycles. The summed E-state index contributed by atoms with van der Waals surface area (Å²) in [7, 11) is 0. The number of allylic oxidation sites excluding steroid dienone is 14. The molecule has 0 N–H and O–H groups in total. The SMILES string of the molecule is C1=CC2=C(c3ccc4ccccc4c3)C=CC3=CC=C4C(c5cccc6ccccc56)=CC=C1C4C32. The van der Waals surface area contributed by atoms with E-state index in [2.05, 4.69) is 134 Å². The van der Waals surface area contributed by atoms with Crippen LogP contribution in [0.4, 0.5) is 0 Å². The Bertz CT molecular complexity index is 1820. The van der Waals surface area contributed by atoms with Crippen LogP contribution in [-0.4, -0.2) is 0 Å². The number of benzene rings is 4. The van der Waals surface area contributed by atoms with Crippen LogP contribution in [0.15, 0.2) is 156 Å². The van der Waals surface area contributed by atoms with E-state index in [4.69, 9.17) is 0 Å². The van der Waals surface area contributed by atoms with Crippen molar-refractivity contribution < 1.29 is 0 Å². The zero-order chi connectivity index (χ0) is 23.6. The molecule has 2 unspecified atom stereocenters. The van der Waals surface area contributed by atoms with Crippen molar-refractivity contribution in [2.45, 2.75) is 0 Å². The molecule has 4 aliphatic rings. The van der Waals surface area contributed by atoms with Gasteiger partial charge in [0.15, 0.2) is 0 Å². The molecule has 0 saturated carbocycles. The molecule has 0 radical (unpaired) electrons. The van der Waals surface area contributed by atoms with Crippen LogP contribution in [-0.2, 0) is 0 Å². The lowest BCUT2D eigenvalue weighted by Crippen LogP contribution is -2.30. The van der Waals surface area contributed by atoms with Gasteiger partial charge in [-0.05, 0) is 72.2 Å². The summed E-state index contributed by atoms with van der Waals surface area (Å²) in [6, 6.07) is 30.9. The highest BCUT2D eigenvalue weighted by Gasteiger charge is 2.40. The number of hydrogen-bond acceptors (Lipinski definition) is 0. The normalized spacial score (nSPS) is 21.7. The summed E-state index contributed by atoms with van der Waals surface area (Å²) >= 11 is 0. The van der Waals surface area contributed by atoms with Crippen LogP contribution in [0, 0.1) is 11.8 Å². The molecule has 0 saturated heterocycles. The second-order valence-electron chi connectivity index (χ2n) is 10.1. The van der Waals surface area contributed by atoms with Crippen LogP contribution in [0.3, 0.4) is 0 Å². The van der Waals surface area contributed by atoms with Gasteiger partial charge in [0.1, 0.15) is 0 Å². The largest absolute Gasteiger partial charge is 0.0616 e. The van der Waals surface area contributed by atoms with Crippen molar-refractivity contribution in [2.24, 2.45) is 11.8 Å². The molecule has 0 fully saturated rings. The summed E-state index contributed by atoms with van der Waals surface area (Å²) < 4.78 is 0.